The smallest absolute Gasteiger partial charge is 0.109 e. The largest absolute Gasteiger partial charge is 0.381 e. The van der Waals surface area contributed by atoms with Crippen LogP contribution in [-0.2, 0) is 4.74 Å². The summed E-state index contributed by atoms with van der Waals surface area (Å²) in [6.07, 6.45) is 5.30. The molecular formula is C12H22N2OS. The minimum absolute atomic E-state index is 0.357. The number of nitrogens with zero attached hydrogens (tertiary/aromatic N) is 1. The maximum Gasteiger partial charge on any atom is 0.109 e. The summed E-state index contributed by atoms with van der Waals surface area (Å²) in [4.78, 5) is 4.28. The molecule has 0 bridgehead atoms. The Morgan fingerprint density at radius 1 is 1.44 bits per heavy atom. The molecule has 0 spiro atoms. The van der Waals surface area contributed by atoms with Gasteiger partial charge in [0.15, 0.2) is 0 Å². The van der Waals surface area contributed by atoms with Gasteiger partial charge in [0.1, 0.15) is 5.01 Å². The van der Waals surface area contributed by atoms with E-state index in [1.807, 2.05) is 11.6 Å². The van der Waals surface area contributed by atoms with Gasteiger partial charge in [0, 0.05) is 24.8 Å². The summed E-state index contributed by atoms with van der Waals surface area (Å²) >= 11 is 1.70. The molecule has 1 unspecified atom stereocenters. The monoisotopic (exact) mass is 242 g/mol. The summed E-state index contributed by atoms with van der Waals surface area (Å²) in [5.74, 6) is 0. The average molecular weight is 242 g/mol. The summed E-state index contributed by atoms with van der Waals surface area (Å²) in [5, 5.41) is 6.62. The van der Waals surface area contributed by atoms with Gasteiger partial charge in [-0.3, -0.25) is 0 Å². The first-order valence-corrected chi connectivity index (χ1v) is 6.93. The van der Waals surface area contributed by atoms with Crippen molar-refractivity contribution in [3.63, 3.8) is 0 Å². The third-order valence-electron chi connectivity index (χ3n) is 2.38. The summed E-state index contributed by atoms with van der Waals surface area (Å²) < 4.78 is 5.49. The second-order valence-corrected chi connectivity index (χ2v) is 4.79. The van der Waals surface area contributed by atoms with Crippen molar-refractivity contribution in [1.82, 2.24) is 10.3 Å². The van der Waals surface area contributed by atoms with Crippen molar-refractivity contribution in [2.24, 2.45) is 0 Å². The minimum atomic E-state index is 0.357. The predicted molar refractivity (Wildman–Crippen MR) is 68.9 cm³/mol. The molecule has 16 heavy (non-hydrogen) atoms. The van der Waals surface area contributed by atoms with Crippen LogP contribution >= 0.6 is 11.3 Å². The Morgan fingerprint density at radius 2 is 2.25 bits per heavy atom. The van der Waals surface area contributed by atoms with Crippen LogP contribution in [0.3, 0.4) is 0 Å². The Labute approximate surface area is 102 Å². The SMILES string of the molecule is CCCCOCCCNC(C)c1nccs1. The van der Waals surface area contributed by atoms with Crippen LogP contribution in [-0.4, -0.2) is 24.7 Å². The Kier molecular flexibility index (Phi) is 7.38. The number of rotatable bonds is 9. The zero-order valence-electron chi connectivity index (χ0n) is 10.2. The second kappa shape index (κ2) is 8.67. The van der Waals surface area contributed by atoms with Crippen LogP contribution in [0.2, 0.25) is 0 Å². The van der Waals surface area contributed by atoms with Gasteiger partial charge in [0.05, 0.1) is 6.04 Å². The highest BCUT2D eigenvalue weighted by molar-refractivity contribution is 7.09. The van der Waals surface area contributed by atoms with Gasteiger partial charge in [-0.15, -0.1) is 11.3 Å². The molecule has 0 amide bonds. The first kappa shape index (κ1) is 13.6. The molecule has 0 fully saturated rings. The van der Waals surface area contributed by atoms with E-state index >= 15 is 0 Å². The zero-order valence-corrected chi connectivity index (χ0v) is 11.1. The molecule has 0 aromatic carbocycles. The molecule has 92 valence electrons. The van der Waals surface area contributed by atoms with Crippen molar-refractivity contribution in [2.45, 2.75) is 39.2 Å². The van der Waals surface area contributed by atoms with Gasteiger partial charge < -0.3 is 10.1 Å². The van der Waals surface area contributed by atoms with Crippen molar-refractivity contribution < 1.29 is 4.74 Å². The molecule has 0 aliphatic rings. The fourth-order valence-corrected chi connectivity index (χ4v) is 2.05. The maximum atomic E-state index is 5.49. The van der Waals surface area contributed by atoms with Crippen LogP contribution in [0.1, 0.15) is 44.2 Å². The molecule has 1 rings (SSSR count). The standard InChI is InChI=1S/C12H22N2OS/c1-3-4-8-15-9-5-6-13-11(2)12-14-7-10-16-12/h7,10-11,13H,3-6,8-9H2,1-2H3. The highest BCUT2D eigenvalue weighted by atomic mass is 32.1. The van der Waals surface area contributed by atoms with Crippen LogP contribution < -0.4 is 5.32 Å². The zero-order chi connectivity index (χ0) is 11.6. The molecule has 0 saturated carbocycles. The fraction of sp³-hybridized carbons (Fsp3) is 0.750. The van der Waals surface area contributed by atoms with Gasteiger partial charge in [0.25, 0.3) is 0 Å². The first-order chi connectivity index (χ1) is 7.84. The first-order valence-electron chi connectivity index (χ1n) is 6.05. The van der Waals surface area contributed by atoms with Crippen LogP contribution in [0.4, 0.5) is 0 Å². The number of thiazole rings is 1. The molecule has 3 nitrogen and oxygen atoms in total. The van der Waals surface area contributed by atoms with Gasteiger partial charge in [0.2, 0.25) is 0 Å². The van der Waals surface area contributed by atoms with Crippen LogP contribution in [0, 0.1) is 0 Å². The van der Waals surface area contributed by atoms with Gasteiger partial charge in [-0.25, -0.2) is 4.98 Å². The van der Waals surface area contributed by atoms with E-state index in [4.69, 9.17) is 4.74 Å². The molecule has 4 heteroatoms. The summed E-state index contributed by atoms with van der Waals surface area (Å²) in [6, 6.07) is 0.357. The van der Waals surface area contributed by atoms with Crippen LogP contribution in [0.15, 0.2) is 11.6 Å². The molecule has 0 aliphatic heterocycles. The van der Waals surface area contributed by atoms with Gasteiger partial charge in [-0.1, -0.05) is 13.3 Å². The molecular weight excluding hydrogens is 220 g/mol. The van der Waals surface area contributed by atoms with E-state index in [0.29, 0.717) is 6.04 Å². The second-order valence-electron chi connectivity index (χ2n) is 3.87. The van der Waals surface area contributed by atoms with E-state index in [2.05, 4.69) is 24.1 Å². The lowest BCUT2D eigenvalue weighted by Crippen LogP contribution is -2.20. The lowest BCUT2D eigenvalue weighted by Gasteiger charge is -2.10. The average Bonchev–Trinajstić information content (AvgIpc) is 2.81. The van der Waals surface area contributed by atoms with E-state index in [9.17, 15) is 0 Å². The summed E-state index contributed by atoms with van der Waals surface area (Å²) in [7, 11) is 0. The Morgan fingerprint density at radius 3 is 2.94 bits per heavy atom. The third-order valence-corrected chi connectivity index (χ3v) is 3.34. The number of hydrogen-bond donors (Lipinski definition) is 1. The molecule has 1 aromatic heterocycles. The third kappa shape index (κ3) is 5.58. The van der Waals surface area contributed by atoms with Gasteiger partial charge >= 0.3 is 0 Å². The topological polar surface area (TPSA) is 34.1 Å². The lowest BCUT2D eigenvalue weighted by atomic mass is 10.3. The van der Waals surface area contributed by atoms with E-state index in [-0.39, 0.29) is 0 Å². The number of nitrogens with one attached hydrogen (secondary N) is 1. The summed E-state index contributed by atoms with van der Waals surface area (Å²) in [6.45, 7) is 7.08. The van der Waals surface area contributed by atoms with Gasteiger partial charge in [-0.2, -0.15) is 0 Å². The number of ether oxygens (including phenoxy) is 1. The Bertz CT molecular complexity index is 252. The molecule has 1 aromatic rings. The van der Waals surface area contributed by atoms with Crippen molar-refractivity contribution >= 4 is 11.3 Å². The van der Waals surface area contributed by atoms with Crippen LogP contribution in [0.25, 0.3) is 0 Å². The van der Waals surface area contributed by atoms with Crippen LogP contribution in [0.5, 0.6) is 0 Å². The molecule has 0 radical (unpaired) electrons. The highest BCUT2D eigenvalue weighted by Gasteiger charge is 2.05. The van der Waals surface area contributed by atoms with Crippen molar-refractivity contribution in [3.8, 4) is 0 Å². The van der Waals surface area contributed by atoms with E-state index in [1.165, 1.54) is 12.8 Å². The molecule has 1 heterocycles. The fourth-order valence-electron chi connectivity index (χ4n) is 1.38. The normalized spacial score (nSPS) is 12.9. The quantitative estimate of drug-likeness (QED) is 0.676. The molecule has 0 aliphatic carbocycles. The van der Waals surface area contributed by atoms with Gasteiger partial charge in [-0.05, 0) is 26.3 Å². The maximum absolute atomic E-state index is 5.49. The lowest BCUT2D eigenvalue weighted by molar-refractivity contribution is 0.128. The summed E-state index contributed by atoms with van der Waals surface area (Å²) in [5.41, 5.74) is 0. The number of aromatic nitrogens is 1. The number of hydrogen-bond acceptors (Lipinski definition) is 4. The Hall–Kier alpha value is -0.450. The molecule has 1 N–H and O–H groups in total. The van der Waals surface area contributed by atoms with Crippen molar-refractivity contribution in [2.75, 3.05) is 19.8 Å². The van der Waals surface area contributed by atoms with E-state index in [1.54, 1.807) is 11.3 Å². The van der Waals surface area contributed by atoms with Crippen molar-refractivity contribution in [1.29, 1.82) is 0 Å². The predicted octanol–water partition coefficient (Wildman–Crippen LogP) is 3.00. The molecule has 1 atom stereocenters. The molecule has 0 saturated heterocycles. The number of unbranched alkanes of at least 4 members (excludes halogenated alkanes) is 1. The van der Waals surface area contributed by atoms with E-state index < -0.39 is 0 Å². The highest BCUT2D eigenvalue weighted by Crippen LogP contribution is 2.14. The minimum Gasteiger partial charge on any atom is -0.381 e. The van der Waals surface area contributed by atoms with Crippen molar-refractivity contribution in [3.05, 3.63) is 16.6 Å². The van der Waals surface area contributed by atoms with E-state index in [0.717, 1.165) is 31.2 Å². The Balaban J connectivity index is 1.95.